The van der Waals surface area contributed by atoms with Crippen LogP contribution in [0.4, 0.5) is 10.5 Å². The van der Waals surface area contributed by atoms with Crippen molar-refractivity contribution in [3.63, 3.8) is 0 Å². The van der Waals surface area contributed by atoms with Crippen molar-refractivity contribution in [2.24, 2.45) is 5.92 Å². The molecule has 0 saturated carbocycles. The lowest BCUT2D eigenvalue weighted by Gasteiger charge is -2.33. The van der Waals surface area contributed by atoms with Crippen LogP contribution in [0.2, 0.25) is 5.02 Å². The van der Waals surface area contributed by atoms with Gasteiger partial charge < -0.3 is 15.1 Å². The summed E-state index contributed by atoms with van der Waals surface area (Å²) < 4.78 is 0. The SMILES string of the molecule is Cc1c(Cl)cccc1NC(=O)C1CCCN(C(=O)N(C)C)C1. The van der Waals surface area contributed by atoms with Gasteiger partial charge in [-0.2, -0.15) is 0 Å². The van der Waals surface area contributed by atoms with Crippen LogP contribution >= 0.6 is 11.6 Å². The van der Waals surface area contributed by atoms with E-state index in [1.807, 2.05) is 19.1 Å². The summed E-state index contributed by atoms with van der Waals surface area (Å²) in [6, 6.07) is 5.40. The minimum atomic E-state index is -0.184. The summed E-state index contributed by atoms with van der Waals surface area (Å²) >= 11 is 6.07. The Kier molecular flexibility index (Phi) is 5.29. The largest absolute Gasteiger partial charge is 0.331 e. The number of urea groups is 1. The summed E-state index contributed by atoms with van der Waals surface area (Å²) in [6.07, 6.45) is 1.63. The lowest BCUT2D eigenvalue weighted by Crippen LogP contribution is -2.47. The van der Waals surface area contributed by atoms with Gasteiger partial charge in [0.25, 0.3) is 0 Å². The predicted molar refractivity (Wildman–Crippen MR) is 88.2 cm³/mol. The van der Waals surface area contributed by atoms with E-state index < -0.39 is 0 Å². The highest BCUT2D eigenvalue weighted by atomic mass is 35.5. The first kappa shape index (κ1) is 16.6. The van der Waals surface area contributed by atoms with Gasteiger partial charge in [-0.25, -0.2) is 4.79 Å². The van der Waals surface area contributed by atoms with E-state index in [4.69, 9.17) is 11.6 Å². The Morgan fingerprint density at radius 2 is 2.09 bits per heavy atom. The smallest absolute Gasteiger partial charge is 0.319 e. The van der Waals surface area contributed by atoms with Crippen LogP contribution in [0.5, 0.6) is 0 Å². The van der Waals surface area contributed by atoms with Crippen molar-refractivity contribution in [2.75, 3.05) is 32.5 Å². The van der Waals surface area contributed by atoms with E-state index in [-0.39, 0.29) is 17.9 Å². The Labute approximate surface area is 136 Å². The van der Waals surface area contributed by atoms with Crippen LogP contribution in [-0.2, 0) is 4.79 Å². The number of likely N-dealkylation sites (tertiary alicyclic amines) is 1. The Bertz CT molecular complexity index is 575. The number of carbonyl (C=O) groups excluding carboxylic acids is 2. The fraction of sp³-hybridized carbons (Fsp3) is 0.500. The molecule has 1 aliphatic rings. The molecule has 1 N–H and O–H groups in total. The van der Waals surface area contributed by atoms with E-state index in [1.165, 1.54) is 0 Å². The average molecular weight is 324 g/mol. The van der Waals surface area contributed by atoms with Gasteiger partial charge in [0.2, 0.25) is 5.91 Å². The van der Waals surface area contributed by atoms with Crippen LogP contribution in [0.1, 0.15) is 18.4 Å². The number of hydrogen-bond acceptors (Lipinski definition) is 2. The summed E-state index contributed by atoms with van der Waals surface area (Å²) in [5.74, 6) is -0.238. The van der Waals surface area contributed by atoms with Gasteiger partial charge >= 0.3 is 6.03 Å². The summed E-state index contributed by atoms with van der Waals surface area (Å²) in [7, 11) is 3.45. The Morgan fingerprint density at radius 1 is 1.36 bits per heavy atom. The standard InChI is InChI=1S/C16H22ClN3O2/c1-11-13(17)7-4-8-14(11)18-15(21)12-6-5-9-20(10-12)16(22)19(2)3/h4,7-8,12H,5-6,9-10H2,1-3H3,(H,18,21). The molecule has 120 valence electrons. The van der Waals surface area contributed by atoms with Gasteiger partial charge in [-0.1, -0.05) is 17.7 Å². The van der Waals surface area contributed by atoms with Crippen LogP contribution < -0.4 is 5.32 Å². The maximum atomic E-state index is 12.5. The zero-order valence-electron chi connectivity index (χ0n) is 13.2. The number of nitrogens with zero attached hydrogens (tertiary/aromatic N) is 2. The third kappa shape index (κ3) is 3.71. The molecule has 1 unspecified atom stereocenters. The zero-order valence-corrected chi connectivity index (χ0v) is 14.0. The van der Waals surface area contributed by atoms with Gasteiger partial charge in [-0.15, -0.1) is 0 Å². The van der Waals surface area contributed by atoms with Crippen molar-refractivity contribution in [3.8, 4) is 0 Å². The highest BCUT2D eigenvalue weighted by Gasteiger charge is 2.29. The van der Waals surface area contributed by atoms with E-state index in [1.54, 1.807) is 30.0 Å². The molecule has 1 aliphatic heterocycles. The number of benzene rings is 1. The molecule has 1 aromatic rings. The molecule has 1 atom stereocenters. The Morgan fingerprint density at radius 3 is 2.77 bits per heavy atom. The summed E-state index contributed by atoms with van der Waals surface area (Å²) in [5.41, 5.74) is 1.59. The molecule has 0 bridgehead atoms. The van der Waals surface area contributed by atoms with Crippen molar-refractivity contribution in [1.29, 1.82) is 0 Å². The van der Waals surface area contributed by atoms with Crippen molar-refractivity contribution < 1.29 is 9.59 Å². The predicted octanol–water partition coefficient (Wildman–Crippen LogP) is 2.98. The van der Waals surface area contributed by atoms with Gasteiger partial charge in [-0.3, -0.25) is 4.79 Å². The normalized spacial score (nSPS) is 18.0. The minimum Gasteiger partial charge on any atom is -0.331 e. The molecule has 1 aromatic carbocycles. The van der Waals surface area contributed by atoms with E-state index in [9.17, 15) is 9.59 Å². The maximum Gasteiger partial charge on any atom is 0.319 e. The number of nitrogens with one attached hydrogen (secondary N) is 1. The molecule has 0 radical (unpaired) electrons. The maximum absolute atomic E-state index is 12.5. The van der Waals surface area contributed by atoms with E-state index in [0.29, 0.717) is 18.1 Å². The summed E-state index contributed by atoms with van der Waals surface area (Å²) in [5, 5.41) is 3.56. The first-order valence-electron chi connectivity index (χ1n) is 7.42. The van der Waals surface area contributed by atoms with Gasteiger partial charge in [0.15, 0.2) is 0 Å². The molecular formula is C16H22ClN3O2. The lowest BCUT2D eigenvalue weighted by atomic mass is 9.97. The molecular weight excluding hydrogens is 302 g/mol. The fourth-order valence-electron chi connectivity index (χ4n) is 2.63. The van der Waals surface area contributed by atoms with Gasteiger partial charge in [0.05, 0.1) is 5.92 Å². The van der Waals surface area contributed by atoms with Crippen molar-refractivity contribution in [2.45, 2.75) is 19.8 Å². The average Bonchev–Trinajstić information content (AvgIpc) is 2.51. The van der Waals surface area contributed by atoms with E-state index >= 15 is 0 Å². The van der Waals surface area contributed by atoms with Crippen molar-refractivity contribution in [1.82, 2.24) is 9.80 Å². The second-order valence-corrected chi connectivity index (χ2v) is 6.27. The highest BCUT2D eigenvalue weighted by Crippen LogP contribution is 2.25. The van der Waals surface area contributed by atoms with Crippen LogP contribution in [0, 0.1) is 12.8 Å². The van der Waals surface area contributed by atoms with Gasteiger partial charge in [0, 0.05) is 37.9 Å². The van der Waals surface area contributed by atoms with Crippen LogP contribution in [0.15, 0.2) is 18.2 Å². The van der Waals surface area contributed by atoms with Gasteiger partial charge in [0.1, 0.15) is 0 Å². The van der Waals surface area contributed by atoms with Crippen LogP contribution in [0.25, 0.3) is 0 Å². The molecule has 1 heterocycles. The number of anilines is 1. The van der Waals surface area contributed by atoms with Crippen LogP contribution in [0.3, 0.4) is 0 Å². The number of amides is 3. The second-order valence-electron chi connectivity index (χ2n) is 5.86. The molecule has 0 aliphatic carbocycles. The molecule has 0 aromatic heterocycles. The lowest BCUT2D eigenvalue weighted by molar-refractivity contribution is -0.121. The van der Waals surface area contributed by atoms with Crippen molar-refractivity contribution >= 4 is 29.2 Å². The van der Waals surface area contributed by atoms with E-state index in [0.717, 1.165) is 24.1 Å². The Balaban J connectivity index is 2.03. The second kappa shape index (κ2) is 7.01. The topological polar surface area (TPSA) is 52.7 Å². The Hall–Kier alpha value is -1.75. The molecule has 6 heteroatoms. The number of hydrogen-bond donors (Lipinski definition) is 1. The molecule has 22 heavy (non-hydrogen) atoms. The highest BCUT2D eigenvalue weighted by molar-refractivity contribution is 6.31. The molecule has 3 amide bonds. The number of rotatable bonds is 2. The number of halogens is 1. The quantitative estimate of drug-likeness (QED) is 0.909. The van der Waals surface area contributed by atoms with Gasteiger partial charge in [-0.05, 0) is 37.5 Å². The van der Waals surface area contributed by atoms with Crippen molar-refractivity contribution in [3.05, 3.63) is 28.8 Å². The third-order valence-corrected chi connectivity index (χ3v) is 4.38. The molecule has 1 saturated heterocycles. The minimum absolute atomic E-state index is 0.0450. The first-order valence-corrected chi connectivity index (χ1v) is 7.80. The van der Waals surface area contributed by atoms with E-state index in [2.05, 4.69) is 5.32 Å². The zero-order chi connectivity index (χ0) is 16.3. The number of piperidine rings is 1. The number of carbonyl (C=O) groups is 2. The summed E-state index contributed by atoms with van der Waals surface area (Å²) in [4.78, 5) is 27.8. The van der Waals surface area contributed by atoms with Crippen LogP contribution in [-0.4, -0.2) is 48.9 Å². The third-order valence-electron chi connectivity index (χ3n) is 3.97. The monoisotopic (exact) mass is 323 g/mol. The first-order chi connectivity index (χ1) is 10.4. The summed E-state index contributed by atoms with van der Waals surface area (Å²) in [6.45, 7) is 3.04. The molecule has 5 nitrogen and oxygen atoms in total. The molecule has 2 rings (SSSR count). The molecule has 0 spiro atoms. The fourth-order valence-corrected chi connectivity index (χ4v) is 2.80. The molecule has 1 fully saturated rings.